The highest BCUT2D eigenvalue weighted by molar-refractivity contribution is 6.05. The van der Waals surface area contributed by atoms with Crippen molar-refractivity contribution in [2.24, 2.45) is 0 Å². The van der Waals surface area contributed by atoms with Gasteiger partial charge < -0.3 is 4.90 Å². The number of nitrogens with one attached hydrogen (secondary N) is 1. The first-order valence-corrected chi connectivity index (χ1v) is 3.83. The summed E-state index contributed by atoms with van der Waals surface area (Å²) in [6.45, 7) is 4.76. The fourth-order valence-corrected chi connectivity index (χ4v) is 1.10. The Morgan fingerprint density at radius 2 is 2.31 bits per heavy atom. The van der Waals surface area contributed by atoms with Gasteiger partial charge in [-0.2, -0.15) is 0 Å². The van der Waals surface area contributed by atoms with Gasteiger partial charge in [0.15, 0.2) is 0 Å². The van der Waals surface area contributed by atoms with E-state index in [0.717, 1.165) is 6.08 Å². The molecule has 0 spiro atoms. The Bertz CT molecular complexity index is 285. The molecule has 3 amide bonds. The normalized spacial score (nSPS) is 22.5. The third kappa shape index (κ3) is 1.74. The molecule has 1 unspecified atom stereocenters. The Morgan fingerprint density at radius 3 is 2.85 bits per heavy atom. The molecule has 1 fully saturated rings. The zero-order valence-electron chi connectivity index (χ0n) is 7.24. The first-order chi connectivity index (χ1) is 6.06. The van der Waals surface area contributed by atoms with Gasteiger partial charge in [-0.15, -0.1) is 0 Å². The van der Waals surface area contributed by atoms with Gasteiger partial charge in [0, 0.05) is 0 Å². The molecule has 0 aromatic heterocycles. The second-order valence-corrected chi connectivity index (χ2v) is 2.76. The van der Waals surface area contributed by atoms with E-state index in [-0.39, 0.29) is 6.54 Å². The summed E-state index contributed by atoms with van der Waals surface area (Å²) in [7, 11) is 0. The van der Waals surface area contributed by atoms with Crippen LogP contribution < -0.4 is 5.32 Å². The van der Waals surface area contributed by atoms with E-state index in [0.29, 0.717) is 0 Å². The van der Waals surface area contributed by atoms with Crippen LogP contribution in [0.25, 0.3) is 0 Å². The van der Waals surface area contributed by atoms with E-state index in [9.17, 15) is 14.4 Å². The van der Waals surface area contributed by atoms with Crippen molar-refractivity contribution >= 4 is 17.7 Å². The van der Waals surface area contributed by atoms with Gasteiger partial charge in [-0.1, -0.05) is 6.58 Å². The number of piperazine rings is 1. The topological polar surface area (TPSA) is 66.5 Å². The van der Waals surface area contributed by atoms with E-state index in [1.807, 2.05) is 0 Å². The number of carbonyl (C=O) groups is 3. The summed E-state index contributed by atoms with van der Waals surface area (Å²) in [5.41, 5.74) is 0. The molecule has 1 saturated heterocycles. The van der Waals surface area contributed by atoms with Crippen molar-refractivity contribution in [3.63, 3.8) is 0 Å². The number of hydrogen-bond acceptors (Lipinski definition) is 3. The van der Waals surface area contributed by atoms with Crippen LogP contribution in [0.15, 0.2) is 12.7 Å². The zero-order chi connectivity index (χ0) is 10.0. The molecule has 1 aliphatic heterocycles. The van der Waals surface area contributed by atoms with E-state index in [4.69, 9.17) is 0 Å². The Morgan fingerprint density at radius 1 is 1.69 bits per heavy atom. The molecule has 0 bridgehead atoms. The Labute approximate surface area is 75.4 Å². The highest BCUT2D eigenvalue weighted by Gasteiger charge is 2.32. The maximum atomic E-state index is 11.1. The Hall–Kier alpha value is -1.65. The van der Waals surface area contributed by atoms with E-state index in [1.54, 1.807) is 6.92 Å². The van der Waals surface area contributed by atoms with Gasteiger partial charge in [0.05, 0.1) is 0 Å². The first kappa shape index (κ1) is 9.44. The summed E-state index contributed by atoms with van der Waals surface area (Å²) in [5.74, 6) is -1.32. The number of rotatable bonds is 1. The lowest BCUT2D eigenvalue weighted by atomic mass is 10.2. The lowest BCUT2D eigenvalue weighted by molar-refractivity contribution is -0.147. The van der Waals surface area contributed by atoms with Crippen LogP contribution >= 0.6 is 0 Å². The van der Waals surface area contributed by atoms with Gasteiger partial charge in [-0.05, 0) is 13.0 Å². The number of carbonyl (C=O) groups excluding carboxylic acids is 3. The molecule has 1 rings (SSSR count). The van der Waals surface area contributed by atoms with Crippen LogP contribution in [0.2, 0.25) is 0 Å². The van der Waals surface area contributed by atoms with Crippen LogP contribution in [0.5, 0.6) is 0 Å². The Balaban J connectivity index is 2.83. The van der Waals surface area contributed by atoms with Gasteiger partial charge in [-0.25, -0.2) is 0 Å². The van der Waals surface area contributed by atoms with Gasteiger partial charge in [0.1, 0.15) is 12.6 Å². The van der Waals surface area contributed by atoms with Crippen molar-refractivity contribution in [3.05, 3.63) is 12.7 Å². The third-order valence-electron chi connectivity index (χ3n) is 1.88. The van der Waals surface area contributed by atoms with Gasteiger partial charge in [-0.3, -0.25) is 19.7 Å². The molecule has 0 aromatic carbocycles. The van der Waals surface area contributed by atoms with Crippen LogP contribution in [0.1, 0.15) is 6.92 Å². The molecule has 1 aliphatic rings. The molecule has 5 heteroatoms. The highest BCUT2D eigenvalue weighted by atomic mass is 16.2. The van der Waals surface area contributed by atoms with Crippen LogP contribution in [0, 0.1) is 0 Å². The lowest BCUT2D eigenvalue weighted by Crippen LogP contribution is -2.58. The molecule has 70 valence electrons. The first-order valence-electron chi connectivity index (χ1n) is 3.83. The number of hydrogen-bond donors (Lipinski definition) is 1. The summed E-state index contributed by atoms with van der Waals surface area (Å²) in [5, 5.41) is 2.13. The van der Waals surface area contributed by atoms with E-state index in [2.05, 4.69) is 11.9 Å². The molecule has 1 heterocycles. The molecule has 0 aromatic rings. The predicted molar refractivity (Wildman–Crippen MR) is 44.5 cm³/mol. The summed E-state index contributed by atoms with van der Waals surface area (Å²) < 4.78 is 0. The molecule has 0 saturated carbocycles. The fraction of sp³-hybridized carbons (Fsp3) is 0.375. The van der Waals surface area contributed by atoms with Crippen LogP contribution in [-0.4, -0.2) is 35.2 Å². The summed E-state index contributed by atoms with van der Waals surface area (Å²) in [4.78, 5) is 34.3. The maximum absolute atomic E-state index is 11.1. The summed E-state index contributed by atoms with van der Waals surface area (Å²) in [6.07, 6.45) is 1.09. The third-order valence-corrected chi connectivity index (χ3v) is 1.88. The minimum Gasteiger partial charge on any atom is -0.318 e. The smallest absolute Gasteiger partial charge is 0.249 e. The molecule has 0 aliphatic carbocycles. The minimum atomic E-state index is -0.608. The average Bonchev–Trinajstić information content (AvgIpc) is 2.10. The lowest BCUT2D eigenvalue weighted by Gasteiger charge is -2.30. The molecule has 1 N–H and O–H groups in total. The fourth-order valence-electron chi connectivity index (χ4n) is 1.10. The standard InChI is InChI=1S/C8H10N2O3/c1-3-7(12)10-4-6(11)9-8(13)5(10)2/h3,5H,1,4H2,2H3,(H,9,11,13). The maximum Gasteiger partial charge on any atom is 0.249 e. The average molecular weight is 182 g/mol. The predicted octanol–water partition coefficient (Wildman–Crippen LogP) is -0.954. The van der Waals surface area contributed by atoms with Gasteiger partial charge in [0.25, 0.3) is 0 Å². The molecule has 0 radical (unpaired) electrons. The molecule has 5 nitrogen and oxygen atoms in total. The largest absolute Gasteiger partial charge is 0.318 e. The second-order valence-electron chi connectivity index (χ2n) is 2.76. The van der Waals surface area contributed by atoms with Gasteiger partial charge >= 0.3 is 0 Å². The van der Waals surface area contributed by atoms with Crippen molar-refractivity contribution in [2.45, 2.75) is 13.0 Å². The molecule has 1 atom stereocenters. The molecular weight excluding hydrogens is 172 g/mol. The molecule has 13 heavy (non-hydrogen) atoms. The van der Waals surface area contributed by atoms with Crippen LogP contribution in [-0.2, 0) is 14.4 Å². The van der Waals surface area contributed by atoms with Crippen molar-refractivity contribution in [3.8, 4) is 0 Å². The molecular formula is C8H10N2O3. The van der Waals surface area contributed by atoms with Crippen molar-refractivity contribution < 1.29 is 14.4 Å². The van der Waals surface area contributed by atoms with Gasteiger partial charge in [0.2, 0.25) is 17.7 Å². The van der Waals surface area contributed by atoms with Crippen molar-refractivity contribution in [1.82, 2.24) is 10.2 Å². The van der Waals surface area contributed by atoms with Crippen LogP contribution in [0.3, 0.4) is 0 Å². The van der Waals surface area contributed by atoms with Crippen molar-refractivity contribution in [2.75, 3.05) is 6.54 Å². The SMILES string of the molecule is C=CC(=O)N1CC(=O)NC(=O)C1C. The zero-order valence-corrected chi connectivity index (χ0v) is 7.24. The summed E-state index contributed by atoms with van der Waals surface area (Å²) >= 11 is 0. The minimum absolute atomic E-state index is 0.0856. The van der Waals surface area contributed by atoms with Crippen LogP contribution in [0.4, 0.5) is 0 Å². The van der Waals surface area contributed by atoms with E-state index >= 15 is 0 Å². The Kier molecular flexibility index (Phi) is 2.46. The highest BCUT2D eigenvalue weighted by Crippen LogP contribution is 2.04. The van der Waals surface area contributed by atoms with E-state index < -0.39 is 23.8 Å². The number of nitrogens with zero attached hydrogens (tertiary/aromatic N) is 1. The number of amides is 3. The quantitative estimate of drug-likeness (QED) is 0.420. The summed E-state index contributed by atoms with van der Waals surface area (Å²) in [6, 6.07) is -0.608. The second kappa shape index (κ2) is 3.38. The monoisotopic (exact) mass is 182 g/mol. The van der Waals surface area contributed by atoms with E-state index in [1.165, 1.54) is 4.90 Å². The number of imide groups is 1. The van der Waals surface area contributed by atoms with Crippen molar-refractivity contribution in [1.29, 1.82) is 0 Å².